The van der Waals surface area contributed by atoms with Gasteiger partial charge in [-0.1, -0.05) is 38.4 Å². The van der Waals surface area contributed by atoms with Gasteiger partial charge in [-0.25, -0.2) is 4.39 Å². The molecule has 1 aromatic carbocycles. The van der Waals surface area contributed by atoms with Crippen LogP contribution in [-0.4, -0.2) is 12.6 Å². The van der Waals surface area contributed by atoms with Gasteiger partial charge in [0.05, 0.1) is 0 Å². The summed E-state index contributed by atoms with van der Waals surface area (Å²) in [6.45, 7) is 7.56. The van der Waals surface area contributed by atoms with E-state index in [4.69, 9.17) is 11.6 Å². The zero-order valence-corrected chi connectivity index (χ0v) is 12.7. The summed E-state index contributed by atoms with van der Waals surface area (Å²) in [6.07, 6.45) is 3.24. The lowest BCUT2D eigenvalue weighted by Gasteiger charge is -2.31. The molecule has 19 heavy (non-hydrogen) atoms. The van der Waals surface area contributed by atoms with Crippen LogP contribution in [0.15, 0.2) is 18.2 Å². The van der Waals surface area contributed by atoms with Gasteiger partial charge in [0, 0.05) is 16.6 Å². The molecular formula is C16H23ClFN. The first kappa shape index (κ1) is 14.8. The van der Waals surface area contributed by atoms with Crippen molar-refractivity contribution in [2.75, 3.05) is 6.54 Å². The fourth-order valence-electron chi connectivity index (χ4n) is 2.25. The van der Waals surface area contributed by atoms with Gasteiger partial charge < -0.3 is 5.32 Å². The van der Waals surface area contributed by atoms with Crippen LogP contribution < -0.4 is 5.32 Å². The quantitative estimate of drug-likeness (QED) is 0.843. The Hall–Kier alpha value is -0.600. The van der Waals surface area contributed by atoms with Crippen molar-refractivity contribution < 1.29 is 4.39 Å². The first-order valence-corrected chi connectivity index (χ1v) is 7.42. The molecule has 1 aliphatic rings. The molecule has 0 saturated heterocycles. The molecule has 0 heterocycles. The Morgan fingerprint density at radius 1 is 1.37 bits per heavy atom. The van der Waals surface area contributed by atoms with E-state index in [9.17, 15) is 4.39 Å². The van der Waals surface area contributed by atoms with E-state index in [-0.39, 0.29) is 11.2 Å². The molecule has 2 rings (SSSR count). The molecule has 1 aromatic rings. The largest absolute Gasteiger partial charge is 0.314 e. The highest BCUT2D eigenvalue weighted by Gasteiger charge is 2.29. The average molecular weight is 284 g/mol. The normalized spacial score (nSPS) is 17.5. The first-order chi connectivity index (χ1) is 8.88. The Bertz CT molecular complexity index is 415. The van der Waals surface area contributed by atoms with Gasteiger partial charge in [0.25, 0.3) is 0 Å². The third-order valence-corrected chi connectivity index (χ3v) is 4.32. The molecule has 1 aliphatic carbocycles. The molecule has 3 heteroatoms. The maximum absolute atomic E-state index is 13.9. The Morgan fingerprint density at radius 3 is 2.58 bits per heavy atom. The van der Waals surface area contributed by atoms with Crippen LogP contribution in [-0.2, 0) is 6.42 Å². The summed E-state index contributed by atoms with van der Waals surface area (Å²) in [4.78, 5) is 0. The molecule has 0 amide bonds. The van der Waals surface area contributed by atoms with Gasteiger partial charge in [-0.2, -0.15) is 0 Å². The van der Waals surface area contributed by atoms with Gasteiger partial charge in [-0.05, 0) is 49.3 Å². The third-order valence-electron chi connectivity index (χ3n) is 3.97. The lowest BCUT2D eigenvalue weighted by Crippen LogP contribution is -2.34. The van der Waals surface area contributed by atoms with Crippen LogP contribution in [0.1, 0.15) is 39.2 Å². The molecule has 106 valence electrons. The number of benzene rings is 1. The molecule has 1 atom stereocenters. The second-order valence-electron chi connectivity index (χ2n) is 6.65. The summed E-state index contributed by atoms with van der Waals surface area (Å²) in [5.74, 6) is 0.190. The van der Waals surface area contributed by atoms with Crippen LogP contribution in [0.25, 0.3) is 0 Å². The maximum atomic E-state index is 13.9. The van der Waals surface area contributed by atoms with Gasteiger partial charge in [0.1, 0.15) is 5.82 Å². The van der Waals surface area contributed by atoms with Crippen molar-refractivity contribution in [1.29, 1.82) is 0 Å². The highest BCUT2D eigenvalue weighted by atomic mass is 35.5. The maximum Gasteiger partial charge on any atom is 0.127 e. The van der Waals surface area contributed by atoms with Gasteiger partial charge >= 0.3 is 0 Å². The Morgan fingerprint density at radius 2 is 2.05 bits per heavy atom. The molecule has 0 aromatic heterocycles. The SMILES string of the molecule is CC(C)(C)C(CNC1CC1)Cc1c(F)cccc1Cl. The molecule has 1 N–H and O–H groups in total. The average Bonchev–Trinajstić information content (AvgIpc) is 3.09. The lowest BCUT2D eigenvalue weighted by molar-refractivity contribution is 0.228. The van der Waals surface area contributed by atoms with Gasteiger partial charge in [-0.3, -0.25) is 0 Å². The number of nitrogens with one attached hydrogen (secondary N) is 1. The van der Waals surface area contributed by atoms with Gasteiger partial charge in [0.2, 0.25) is 0 Å². The summed E-state index contributed by atoms with van der Waals surface area (Å²) in [5, 5.41) is 4.10. The number of hydrogen-bond acceptors (Lipinski definition) is 1. The van der Waals surface area contributed by atoms with Crippen molar-refractivity contribution in [2.24, 2.45) is 11.3 Å². The van der Waals surface area contributed by atoms with E-state index in [0.717, 1.165) is 6.54 Å². The van der Waals surface area contributed by atoms with Crippen LogP contribution in [0.2, 0.25) is 5.02 Å². The smallest absolute Gasteiger partial charge is 0.127 e. The predicted octanol–water partition coefficient (Wildman–Crippen LogP) is 4.44. The van der Waals surface area contributed by atoms with E-state index >= 15 is 0 Å². The third kappa shape index (κ3) is 4.19. The zero-order chi connectivity index (χ0) is 14.0. The molecule has 1 unspecified atom stereocenters. The Balaban J connectivity index is 2.09. The predicted molar refractivity (Wildman–Crippen MR) is 79.1 cm³/mol. The molecule has 1 fully saturated rings. The van der Waals surface area contributed by atoms with Gasteiger partial charge in [-0.15, -0.1) is 0 Å². The summed E-state index contributed by atoms with van der Waals surface area (Å²) in [7, 11) is 0. The molecular weight excluding hydrogens is 261 g/mol. The minimum absolute atomic E-state index is 0.132. The lowest BCUT2D eigenvalue weighted by atomic mass is 9.77. The number of hydrogen-bond donors (Lipinski definition) is 1. The van der Waals surface area contributed by atoms with E-state index in [1.54, 1.807) is 12.1 Å². The molecule has 0 bridgehead atoms. The van der Waals surface area contributed by atoms with E-state index in [2.05, 4.69) is 26.1 Å². The molecule has 1 nitrogen and oxygen atoms in total. The van der Waals surface area contributed by atoms with Crippen molar-refractivity contribution in [3.8, 4) is 0 Å². The van der Waals surface area contributed by atoms with Crippen molar-refractivity contribution >= 4 is 11.6 Å². The van der Waals surface area contributed by atoms with E-state index < -0.39 is 0 Å². The van der Waals surface area contributed by atoms with Crippen molar-refractivity contribution in [3.05, 3.63) is 34.6 Å². The molecule has 0 spiro atoms. The van der Waals surface area contributed by atoms with Crippen LogP contribution in [0, 0.1) is 17.2 Å². The number of rotatable bonds is 5. The van der Waals surface area contributed by atoms with Crippen LogP contribution in [0.3, 0.4) is 0 Å². The summed E-state index contributed by atoms with van der Waals surface area (Å²) in [5.41, 5.74) is 0.787. The highest BCUT2D eigenvalue weighted by molar-refractivity contribution is 6.31. The Labute approximate surface area is 120 Å². The van der Waals surface area contributed by atoms with E-state index in [1.807, 2.05) is 0 Å². The summed E-state index contributed by atoms with van der Waals surface area (Å²) in [6, 6.07) is 5.61. The fraction of sp³-hybridized carbons (Fsp3) is 0.625. The van der Waals surface area contributed by atoms with Crippen LogP contribution in [0.5, 0.6) is 0 Å². The van der Waals surface area contributed by atoms with Crippen molar-refractivity contribution in [1.82, 2.24) is 5.32 Å². The van der Waals surface area contributed by atoms with Crippen LogP contribution >= 0.6 is 11.6 Å². The second kappa shape index (κ2) is 5.80. The van der Waals surface area contributed by atoms with Crippen molar-refractivity contribution in [2.45, 2.75) is 46.1 Å². The number of halogens is 2. The highest BCUT2D eigenvalue weighted by Crippen LogP contribution is 2.32. The molecule has 0 aliphatic heterocycles. The van der Waals surface area contributed by atoms with Crippen molar-refractivity contribution in [3.63, 3.8) is 0 Å². The monoisotopic (exact) mass is 283 g/mol. The summed E-state index contributed by atoms with van der Waals surface area (Å²) >= 11 is 6.14. The van der Waals surface area contributed by atoms with Crippen LogP contribution in [0.4, 0.5) is 4.39 Å². The Kier molecular flexibility index (Phi) is 4.52. The van der Waals surface area contributed by atoms with E-state index in [0.29, 0.717) is 29.0 Å². The standard InChI is InChI=1S/C16H23ClFN/c1-16(2,3)11(10-19-12-7-8-12)9-13-14(17)5-4-6-15(13)18/h4-6,11-12,19H,7-10H2,1-3H3. The fourth-order valence-corrected chi connectivity index (χ4v) is 2.49. The summed E-state index contributed by atoms with van der Waals surface area (Å²) < 4.78 is 13.9. The zero-order valence-electron chi connectivity index (χ0n) is 12.0. The van der Waals surface area contributed by atoms with Gasteiger partial charge in [0.15, 0.2) is 0 Å². The minimum Gasteiger partial charge on any atom is -0.314 e. The minimum atomic E-state index is -0.187. The van der Waals surface area contributed by atoms with E-state index in [1.165, 1.54) is 18.9 Å². The molecule has 0 radical (unpaired) electrons. The topological polar surface area (TPSA) is 12.0 Å². The first-order valence-electron chi connectivity index (χ1n) is 7.04. The second-order valence-corrected chi connectivity index (χ2v) is 7.06. The molecule has 1 saturated carbocycles.